The van der Waals surface area contributed by atoms with Gasteiger partial charge in [0.25, 0.3) is 0 Å². The van der Waals surface area contributed by atoms with Crippen LogP contribution in [0.1, 0.15) is 16.7 Å². The zero-order valence-electron chi connectivity index (χ0n) is 11.7. The van der Waals surface area contributed by atoms with Gasteiger partial charge < -0.3 is 0 Å². The van der Waals surface area contributed by atoms with Gasteiger partial charge in [-0.25, -0.2) is 13.1 Å². The van der Waals surface area contributed by atoms with Crippen molar-refractivity contribution in [2.24, 2.45) is 0 Å². The van der Waals surface area contributed by atoms with E-state index in [9.17, 15) is 21.6 Å². The van der Waals surface area contributed by atoms with Gasteiger partial charge in [-0.05, 0) is 36.8 Å². The molecule has 0 saturated carbocycles. The highest BCUT2D eigenvalue weighted by Crippen LogP contribution is 2.29. The first-order valence-electron chi connectivity index (χ1n) is 6.41. The highest BCUT2D eigenvalue weighted by Gasteiger charge is 2.30. The van der Waals surface area contributed by atoms with Gasteiger partial charge in [0.1, 0.15) is 0 Å². The summed E-state index contributed by atoms with van der Waals surface area (Å²) in [6, 6.07) is 10.7. The van der Waals surface area contributed by atoms with Crippen LogP contribution in [0.4, 0.5) is 13.2 Å². The largest absolute Gasteiger partial charge is 0.416 e. The van der Waals surface area contributed by atoms with Gasteiger partial charge in [0, 0.05) is 6.54 Å². The van der Waals surface area contributed by atoms with E-state index < -0.39 is 21.8 Å². The van der Waals surface area contributed by atoms with Crippen molar-refractivity contribution in [1.82, 2.24) is 4.72 Å². The molecule has 0 amide bonds. The Balaban J connectivity index is 2.13. The molecule has 2 aromatic carbocycles. The summed E-state index contributed by atoms with van der Waals surface area (Å²) in [4.78, 5) is -0.201. The minimum Gasteiger partial charge on any atom is -0.207 e. The van der Waals surface area contributed by atoms with Crippen molar-refractivity contribution in [3.63, 3.8) is 0 Å². The van der Waals surface area contributed by atoms with Gasteiger partial charge in [-0.15, -0.1) is 0 Å². The molecule has 0 aliphatic heterocycles. The Kier molecular flexibility index (Phi) is 4.58. The van der Waals surface area contributed by atoms with E-state index in [1.807, 2.05) is 19.1 Å². The Bertz CT molecular complexity index is 753. The molecule has 0 bridgehead atoms. The van der Waals surface area contributed by atoms with Crippen molar-refractivity contribution in [3.05, 3.63) is 65.2 Å². The number of sulfonamides is 1. The zero-order valence-corrected chi connectivity index (χ0v) is 12.5. The minimum absolute atomic E-state index is 0.0744. The Morgan fingerprint density at radius 3 is 2.23 bits per heavy atom. The maximum atomic E-state index is 12.5. The molecule has 22 heavy (non-hydrogen) atoms. The van der Waals surface area contributed by atoms with Gasteiger partial charge in [0.15, 0.2) is 0 Å². The van der Waals surface area contributed by atoms with E-state index in [1.54, 1.807) is 12.1 Å². The van der Waals surface area contributed by atoms with Crippen molar-refractivity contribution in [2.75, 3.05) is 0 Å². The number of hydrogen-bond acceptors (Lipinski definition) is 2. The molecule has 3 nitrogen and oxygen atoms in total. The first-order valence-corrected chi connectivity index (χ1v) is 7.89. The first-order chi connectivity index (χ1) is 10.2. The molecule has 0 atom stereocenters. The second-order valence-electron chi connectivity index (χ2n) is 4.84. The molecule has 2 rings (SSSR count). The van der Waals surface area contributed by atoms with Crippen LogP contribution >= 0.6 is 0 Å². The van der Waals surface area contributed by atoms with Crippen molar-refractivity contribution in [1.29, 1.82) is 0 Å². The number of benzene rings is 2. The Labute approximate surface area is 126 Å². The minimum atomic E-state index is -4.49. The van der Waals surface area contributed by atoms with Crippen LogP contribution in [0.15, 0.2) is 53.4 Å². The number of rotatable bonds is 4. The number of halogens is 3. The molecule has 7 heteroatoms. The smallest absolute Gasteiger partial charge is 0.207 e. The summed E-state index contributed by atoms with van der Waals surface area (Å²) in [5, 5.41) is 0. The third-order valence-electron chi connectivity index (χ3n) is 3.04. The van der Waals surface area contributed by atoms with Crippen LogP contribution in [0.25, 0.3) is 0 Å². The topological polar surface area (TPSA) is 46.2 Å². The monoisotopic (exact) mass is 329 g/mol. The summed E-state index contributed by atoms with van der Waals surface area (Å²) in [7, 11) is -3.85. The molecule has 0 aromatic heterocycles. The summed E-state index contributed by atoms with van der Waals surface area (Å²) in [5.41, 5.74) is 0.881. The molecule has 0 fully saturated rings. The first kappa shape index (κ1) is 16.5. The molecule has 2 aromatic rings. The number of alkyl halides is 3. The summed E-state index contributed by atoms with van der Waals surface area (Å²) < 4.78 is 63.9. The van der Waals surface area contributed by atoms with E-state index >= 15 is 0 Å². The van der Waals surface area contributed by atoms with Gasteiger partial charge in [0.2, 0.25) is 10.0 Å². The van der Waals surface area contributed by atoms with Gasteiger partial charge in [-0.3, -0.25) is 0 Å². The van der Waals surface area contributed by atoms with E-state index in [0.29, 0.717) is 0 Å². The number of hydrogen-bond donors (Lipinski definition) is 1. The zero-order chi connectivity index (χ0) is 16.4. The van der Waals surface area contributed by atoms with E-state index in [4.69, 9.17) is 0 Å². The average molecular weight is 329 g/mol. The fraction of sp³-hybridized carbons (Fsp3) is 0.200. The fourth-order valence-corrected chi connectivity index (χ4v) is 2.92. The normalized spacial score (nSPS) is 12.4. The Morgan fingerprint density at radius 2 is 1.68 bits per heavy atom. The summed E-state index contributed by atoms with van der Waals surface area (Å²) in [5.74, 6) is 0. The van der Waals surface area contributed by atoms with Crippen LogP contribution in [-0.2, 0) is 22.7 Å². The van der Waals surface area contributed by atoms with Crippen LogP contribution in [0.5, 0.6) is 0 Å². The van der Waals surface area contributed by atoms with E-state index in [1.165, 1.54) is 0 Å². The maximum Gasteiger partial charge on any atom is 0.416 e. The second kappa shape index (κ2) is 6.10. The molecule has 0 unspecified atom stereocenters. The quantitative estimate of drug-likeness (QED) is 0.933. The fourth-order valence-electron chi connectivity index (χ4n) is 1.91. The molecule has 1 N–H and O–H groups in total. The lowest BCUT2D eigenvalue weighted by Crippen LogP contribution is -2.23. The van der Waals surface area contributed by atoms with Crippen molar-refractivity contribution >= 4 is 10.0 Å². The molecule has 0 saturated heterocycles. The molecular weight excluding hydrogens is 315 g/mol. The van der Waals surface area contributed by atoms with Crippen LogP contribution in [0.3, 0.4) is 0 Å². The predicted molar refractivity (Wildman–Crippen MR) is 76.6 cm³/mol. The van der Waals surface area contributed by atoms with Crippen LogP contribution in [-0.4, -0.2) is 8.42 Å². The molecule has 0 heterocycles. The van der Waals surface area contributed by atoms with Gasteiger partial charge in [-0.2, -0.15) is 13.2 Å². The van der Waals surface area contributed by atoms with Crippen LogP contribution in [0, 0.1) is 6.92 Å². The van der Waals surface area contributed by atoms with Gasteiger partial charge in [-0.1, -0.05) is 29.8 Å². The Morgan fingerprint density at radius 1 is 1.05 bits per heavy atom. The number of aryl methyl sites for hydroxylation is 1. The summed E-state index contributed by atoms with van der Waals surface area (Å²) in [6.45, 7) is 1.96. The van der Waals surface area contributed by atoms with E-state index in [2.05, 4.69) is 4.72 Å². The average Bonchev–Trinajstić information content (AvgIpc) is 2.45. The lowest BCUT2D eigenvalue weighted by atomic mass is 10.1. The third kappa shape index (κ3) is 4.08. The SMILES string of the molecule is Cc1cccc(CNS(=O)(=O)c2ccc(C(F)(F)F)cc2)c1. The van der Waals surface area contributed by atoms with Crippen LogP contribution < -0.4 is 4.72 Å². The van der Waals surface area contributed by atoms with Gasteiger partial charge in [0.05, 0.1) is 10.5 Å². The van der Waals surface area contributed by atoms with Crippen LogP contribution in [0.2, 0.25) is 0 Å². The summed E-state index contributed by atoms with van der Waals surface area (Å²) >= 11 is 0. The summed E-state index contributed by atoms with van der Waals surface area (Å²) in [6.07, 6.45) is -4.49. The lowest BCUT2D eigenvalue weighted by molar-refractivity contribution is -0.137. The third-order valence-corrected chi connectivity index (χ3v) is 4.46. The maximum absolute atomic E-state index is 12.5. The lowest BCUT2D eigenvalue weighted by Gasteiger charge is -2.09. The molecule has 118 valence electrons. The van der Waals surface area contributed by atoms with Crippen molar-refractivity contribution < 1.29 is 21.6 Å². The molecular formula is C15H14F3NO2S. The molecule has 0 radical (unpaired) electrons. The van der Waals surface area contributed by atoms with Crippen molar-refractivity contribution in [2.45, 2.75) is 24.5 Å². The standard InChI is InChI=1S/C15H14F3NO2S/c1-11-3-2-4-12(9-11)10-19-22(20,21)14-7-5-13(6-8-14)15(16,17)18/h2-9,19H,10H2,1H3. The van der Waals surface area contributed by atoms with E-state index in [-0.39, 0.29) is 11.4 Å². The molecule has 0 aliphatic carbocycles. The second-order valence-corrected chi connectivity index (χ2v) is 6.60. The van der Waals surface area contributed by atoms with Crippen molar-refractivity contribution in [3.8, 4) is 0 Å². The van der Waals surface area contributed by atoms with E-state index in [0.717, 1.165) is 35.4 Å². The molecule has 0 aliphatic rings. The predicted octanol–water partition coefficient (Wildman–Crippen LogP) is 3.49. The Hall–Kier alpha value is -1.86. The molecule has 0 spiro atoms. The van der Waals surface area contributed by atoms with Gasteiger partial charge >= 0.3 is 6.18 Å². The number of nitrogens with one attached hydrogen (secondary N) is 1. The highest BCUT2D eigenvalue weighted by atomic mass is 32.2. The highest BCUT2D eigenvalue weighted by molar-refractivity contribution is 7.89.